The van der Waals surface area contributed by atoms with Crippen LogP contribution in [-0.4, -0.2) is 55.7 Å². The molecule has 3 aromatic rings. The van der Waals surface area contributed by atoms with E-state index >= 15 is 0 Å². The first-order chi connectivity index (χ1) is 17.6. The van der Waals surface area contributed by atoms with Gasteiger partial charge in [0.1, 0.15) is 6.61 Å². The van der Waals surface area contributed by atoms with Crippen LogP contribution < -0.4 is 62.6 Å². The van der Waals surface area contributed by atoms with Gasteiger partial charge >= 0.3 is 64.5 Å². The number of hydrogen-bond donors (Lipinski definition) is 1. The molecule has 1 amide bonds. The van der Waals surface area contributed by atoms with Crippen molar-refractivity contribution in [3.05, 3.63) is 82.4 Å². The molecule has 2 aliphatic rings. The predicted octanol–water partition coefficient (Wildman–Crippen LogP) is 2.01. The van der Waals surface area contributed by atoms with Crippen LogP contribution in [-0.2, 0) is 11.3 Å². The average Bonchev–Trinajstić information content (AvgIpc) is 3.21. The molecule has 5 rings (SSSR count). The van der Waals surface area contributed by atoms with Crippen molar-refractivity contribution in [3.8, 4) is 11.1 Å². The number of nitrogens with two attached hydrogens (primary N) is 1. The molecule has 1 aliphatic heterocycles. The minimum atomic E-state index is -5.14. The zero-order valence-corrected chi connectivity index (χ0v) is 25.1. The molecule has 1 aliphatic carbocycles. The van der Waals surface area contributed by atoms with Crippen molar-refractivity contribution in [3.63, 3.8) is 0 Å². The van der Waals surface area contributed by atoms with Gasteiger partial charge in [-0.05, 0) is 47.2 Å². The zero-order valence-electron chi connectivity index (χ0n) is 22.0. The number of benzene rings is 3. The SMILES string of the molecule is Cc1c(CN2CCN(C(=O)OCC3c4ccccc4-c4ccccc43)CC2)cc([B-](F)(F)F)c(C)c1N.[K+]. The minimum Gasteiger partial charge on any atom is -0.448 e. The maximum atomic E-state index is 13.5. The summed E-state index contributed by atoms with van der Waals surface area (Å²) >= 11 is 0. The number of fused-ring (bicyclic) bond motifs is 3. The third-order valence-corrected chi connectivity index (χ3v) is 7.77. The third-order valence-electron chi connectivity index (χ3n) is 7.77. The number of ether oxygens (including phenoxy) is 1. The van der Waals surface area contributed by atoms with Crippen molar-refractivity contribution in [1.29, 1.82) is 0 Å². The van der Waals surface area contributed by atoms with Crippen molar-refractivity contribution in [2.45, 2.75) is 26.3 Å². The summed E-state index contributed by atoms with van der Waals surface area (Å²) in [5, 5.41) is 0. The Morgan fingerprint density at radius 3 is 2.05 bits per heavy atom. The van der Waals surface area contributed by atoms with Crippen LogP contribution in [0.5, 0.6) is 0 Å². The van der Waals surface area contributed by atoms with Gasteiger partial charge in [-0.25, -0.2) is 4.79 Å². The summed E-state index contributed by atoms with van der Waals surface area (Å²) in [6, 6.07) is 17.6. The number of rotatable bonds is 5. The standard InChI is InChI=1S/C28H30BF3N3O2.K/c1-18-20(15-26(29(30,31)32)19(2)27(18)33)16-34-11-13-35(14-12-34)28(36)37-17-25-23-9-5-3-7-21(23)22-8-4-6-10-24(22)25;/h3-10,15,25H,11-14,16-17,33H2,1-2H3;/q-1;+1. The topological polar surface area (TPSA) is 58.8 Å². The molecule has 0 aromatic heterocycles. The van der Waals surface area contributed by atoms with Gasteiger partial charge in [-0.1, -0.05) is 60.2 Å². The number of halogens is 3. The van der Waals surface area contributed by atoms with E-state index < -0.39 is 12.4 Å². The fraction of sp³-hybridized carbons (Fsp3) is 0.321. The molecule has 2 N–H and O–H groups in total. The van der Waals surface area contributed by atoms with Gasteiger partial charge in [0.2, 0.25) is 0 Å². The molecule has 0 atom stereocenters. The number of amides is 1. The van der Waals surface area contributed by atoms with Crippen LogP contribution in [0.4, 0.5) is 23.4 Å². The van der Waals surface area contributed by atoms with Gasteiger partial charge in [-0.2, -0.15) is 0 Å². The van der Waals surface area contributed by atoms with Crippen molar-refractivity contribution >= 4 is 24.2 Å². The van der Waals surface area contributed by atoms with E-state index in [4.69, 9.17) is 10.5 Å². The summed E-state index contributed by atoms with van der Waals surface area (Å²) < 4.78 is 46.4. The van der Waals surface area contributed by atoms with E-state index in [1.165, 1.54) is 24.1 Å². The molecule has 38 heavy (non-hydrogen) atoms. The first-order valence-electron chi connectivity index (χ1n) is 12.6. The van der Waals surface area contributed by atoms with Crippen molar-refractivity contribution < 1.29 is 73.9 Å². The van der Waals surface area contributed by atoms with Gasteiger partial charge in [0.05, 0.1) is 0 Å². The smallest absolute Gasteiger partial charge is 0.448 e. The summed E-state index contributed by atoms with van der Waals surface area (Å²) in [4.78, 5) is 16.6. The molecule has 194 valence electrons. The maximum Gasteiger partial charge on any atom is 1.00 e. The minimum absolute atomic E-state index is 0. The Morgan fingerprint density at radius 2 is 1.50 bits per heavy atom. The molecule has 0 bridgehead atoms. The van der Waals surface area contributed by atoms with E-state index in [1.807, 2.05) is 24.3 Å². The molecule has 1 heterocycles. The van der Waals surface area contributed by atoms with E-state index in [0.29, 0.717) is 43.9 Å². The summed E-state index contributed by atoms with van der Waals surface area (Å²) in [6.45, 7) is 0.647. The molecule has 0 spiro atoms. The quantitative estimate of drug-likeness (QED) is 0.393. The molecule has 3 aromatic carbocycles. The molecule has 10 heteroatoms. The monoisotopic (exact) mass is 547 g/mol. The van der Waals surface area contributed by atoms with Gasteiger partial charge in [-0.3, -0.25) is 4.90 Å². The fourth-order valence-electron chi connectivity index (χ4n) is 5.53. The molecule has 1 fully saturated rings. The molecule has 5 nitrogen and oxygen atoms in total. The molecule has 0 radical (unpaired) electrons. The summed E-state index contributed by atoms with van der Waals surface area (Å²) in [5.41, 5.74) is 11.6. The Bertz CT molecular complexity index is 1300. The fourth-order valence-corrected chi connectivity index (χ4v) is 5.53. The van der Waals surface area contributed by atoms with Gasteiger partial charge in [0.15, 0.2) is 0 Å². The Labute approximate surface area is 264 Å². The van der Waals surface area contributed by atoms with E-state index in [0.717, 1.165) is 11.1 Å². The van der Waals surface area contributed by atoms with Crippen LogP contribution in [0.1, 0.15) is 33.7 Å². The van der Waals surface area contributed by atoms with Crippen molar-refractivity contribution in [2.24, 2.45) is 0 Å². The number of nitrogen functional groups attached to an aromatic ring is 1. The number of nitrogens with zero attached hydrogens (tertiary/aromatic N) is 2. The number of carbonyl (C=O) groups excluding carboxylic acids is 1. The van der Waals surface area contributed by atoms with Crippen molar-refractivity contribution in [2.75, 3.05) is 38.5 Å². The van der Waals surface area contributed by atoms with E-state index in [1.54, 1.807) is 11.8 Å². The maximum absolute atomic E-state index is 13.5. The Balaban J connectivity index is 0.00000336. The van der Waals surface area contributed by atoms with E-state index in [-0.39, 0.29) is 81.3 Å². The normalized spacial score (nSPS) is 15.6. The Hall–Kier alpha value is -1.82. The molecular weight excluding hydrogens is 517 g/mol. The Morgan fingerprint density at radius 1 is 0.947 bits per heavy atom. The van der Waals surface area contributed by atoms with Crippen LogP contribution in [0, 0.1) is 13.8 Å². The number of piperazine rings is 1. The summed E-state index contributed by atoms with van der Waals surface area (Å²) in [6.07, 6.45) is -0.362. The van der Waals surface area contributed by atoms with Gasteiger partial charge in [0.25, 0.3) is 0 Å². The summed E-state index contributed by atoms with van der Waals surface area (Å²) in [7, 11) is 0. The van der Waals surface area contributed by atoms with Gasteiger partial charge in [-0.15, -0.1) is 5.46 Å². The van der Waals surface area contributed by atoms with E-state index in [2.05, 4.69) is 29.2 Å². The average molecular weight is 547 g/mol. The number of hydrogen-bond acceptors (Lipinski definition) is 4. The number of carbonyl (C=O) groups is 1. The van der Waals surface area contributed by atoms with Gasteiger partial charge in [0, 0.05) is 44.3 Å². The molecule has 1 saturated heterocycles. The first-order valence-corrected chi connectivity index (χ1v) is 12.6. The van der Waals surface area contributed by atoms with Crippen LogP contribution >= 0.6 is 0 Å². The second kappa shape index (κ2) is 11.7. The number of anilines is 1. The second-order valence-corrected chi connectivity index (χ2v) is 9.93. The molecule has 0 unspecified atom stereocenters. The van der Waals surface area contributed by atoms with Crippen LogP contribution in [0.25, 0.3) is 11.1 Å². The molecule has 0 saturated carbocycles. The largest absolute Gasteiger partial charge is 1.00 e. The van der Waals surface area contributed by atoms with Gasteiger partial charge < -0.3 is 28.3 Å². The summed E-state index contributed by atoms with van der Waals surface area (Å²) in [5.74, 6) is -0.00274. The van der Waals surface area contributed by atoms with E-state index in [9.17, 15) is 17.7 Å². The van der Waals surface area contributed by atoms with Crippen LogP contribution in [0.2, 0.25) is 0 Å². The van der Waals surface area contributed by atoms with Crippen LogP contribution in [0.3, 0.4) is 0 Å². The second-order valence-electron chi connectivity index (χ2n) is 9.93. The van der Waals surface area contributed by atoms with Crippen LogP contribution in [0.15, 0.2) is 54.6 Å². The predicted molar refractivity (Wildman–Crippen MR) is 141 cm³/mol. The third kappa shape index (κ3) is 5.71. The Kier molecular flexibility index (Phi) is 9.01. The van der Waals surface area contributed by atoms with Crippen molar-refractivity contribution in [1.82, 2.24) is 9.80 Å². The zero-order chi connectivity index (χ0) is 26.3. The molecular formula is C28H30BF3KN3O2. The first kappa shape index (κ1) is 29.2.